The minimum atomic E-state index is -0.305. The first-order valence-electron chi connectivity index (χ1n) is 8.01. The molecule has 1 fully saturated rings. The lowest BCUT2D eigenvalue weighted by Gasteiger charge is -2.12. The van der Waals surface area contributed by atoms with Crippen LogP contribution >= 0.6 is 11.3 Å². The van der Waals surface area contributed by atoms with Gasteiger partial charge in [0.25, 0.3) is 0 Å². The molecule has 0 aliphatic heterocycles. The Morgan fingerprint density at radius 3 is 2.88 bits per heavy atom. The van der Waals surface area contributed by atoms with Gasteiger partial charge in [-0.25, -0.2) is 4.79 Å². The Hall–Kier alpha value is -2.41. The van der Waals surface area contributed by atoms with Gasteiger partial charge in [-0.3, -0.25) is 5.32 Å². The van der Waals surface area contributed by atoms with Gasteiger partial charge in [0.1, 0.15) is 16.4 Å². The number of aromatic nitrogens is 2. The Balaban J connectivity index is 1.44. The molecule has 1 saturated carbocycles. The zero-order valence-electron chi connectivity index (χ0n) is 13.5. The fourth-order valence-corrected chi connectivity index (χ4v) is 3.69. The Kier molecular flexibility index (Phi) is 3.72. The normalized spacial score (nSPS) is 15.4. The maximum absolute atomic E-state index is 12.2. The molecule has 0 radical (unpaired) electrons. The van der Waals surface area contributed by atoms with E-state index in [0.29, 0.717) is 11.0 Å². The van der Waals surface area contributed by atoms with Gasteiger partial charge in [-0.15, -0.1) is 10.2 Å². The van der Waals surface area contributed by atoms with Gasteiger partial charge < -0.3 is 9.73 Å². The number of benzene rings is 1. The van der Waals surface area contributed by atoms with Crippen molar-refractivity contribution in [3.05, 3.63) is 40.6 Å². The second-order valence-corrected chi connectivity index (χ2v) is 7.14. The lowest BCUT2D eigenvalue weighted by molar-refractivity contribution is 0.247. The molecule has 1 unspecified atom stereocenters. The van der Waals surface area contributed by atoms with E-state index in [1.54, 1.807) is 0 Å². The molecule has 1 aliphatic carbocycles. The third-order valence-corrected chi connectivity index (χ3v) is 5.21. The molecule has 124 valence electrons. The summed E-state index contributed by atoms with van der Waals surface area (Å²) < 4.78 is 5.89. The number of anilines is 1. The predicted molar refractivity (Wildman–Crippen MR) is 93.4 cm³/mol. The van der Waals surface area contributed by atoms with Crippen molar-refractivity contribution in [2.75, 3.05) is 5.32 Å². The standard InChI is InChI=1S/C17H18N4O2S/c1-9-12-5-3-4-6-13(12)23-14(9)10(2)18-16(22)19-17-21-20-15(24-17)11-7-8-11/h3-6,10-11H,7-8H2,1-2H3,(H2,18,19,21,22). The van der Waals surface area contributed by atoms with Crippen molar-refractivity contribution in [1.29, 1.82) is 0 Å². The van der Waals surface area contributed by atoms with E-state index in [9.17, 15) is 4.79 Å². The number of urea groups is 1. The Bertz CT molecular complexity index is 897. The van der Waals surface area contributed by atoms with Crippen LogP contribution in [0.15, 0.2) is 28.7 Å². The van der Waals surface area contributed by atoms with Crippen LogP contribution in [0.25, 0.3) is 11.0 Å². The largest absolute Gasteiger partial charge is 0.459 e. The molecule has 0 spiro atoms. The molecule has 1 aliphatic rings. The molecule has 2 aromatic heterocycles. The van der Waals surface area contributed by atoms with E-state index in [-0.39, 0.29) is 12.1 Å². The van der Waals surface area contributed by atoms with Gasteiger partial charge in [0.2, 0.25) is 5.13 Å². The quantitative estimate of drug-likeness (QED) is 0.738. The first-order valence-corrected chi connectivity index (χ1v) is 8.82. The number of hydrogen-bond acceptors (Lipinski definition) is 5. The smallest absolute Gasteiger partial charge is 0.321 e. The third-order valence-electron chi connectivity index (χ3n) is 4.21. The Labute approximate surface area is 143 Å². The van der Waals surface area contributed by atoms with E-state index >= 15 is 0 Å². The number of para-hydroxylation sites is 1. The molecule has 6 nitrogen and oxygen atoms in total. The van der Waals surface area contributed by atoms with Gasteiger partial charge in [-0.2, -0.15) is 0 Å². The third kappa shape index (κ3) is 2.87. The van der Waals surface area contributed by atoms with E-state index in [1.165, 1.54) is 24.2 Å². The molecule has 0 saturated heterocycles. The summed E-state index contributed by atoms with van der Waals surface area (Å²) in [5.74, 6) is 1.31. The topological polar surface area (TPSA) is 80.0 Å². The van der Waals surface area contributed by atoms with E-state index in [4.69, 9.17) is 4.42 Å². The maximum Gasteiger partial charge on any atom is 0.321 e. The molecule has 2 N–H and O–H groups in total. The number of aryl methyl sites for hydroxylation is 1. The van der Waals surface area contributed by atoms with Gasteiger partial charge in [0, 0.05) is 16.9 Å². The van der Waals surface area contributed by atoms with Crippen LogP contribution < -0.4 is 10.6 Å². The maximum atomic E-state index is 12.2. The second kappa shape index (κ2) is 5.90. The summed E-state index contributed by atoms with van der Waals surface area (Å²) in [6.07, 6.45) is 2.34. The number of rotatable bonds is 4. The SMILES string of the molecule is Cc1c(C(C)NC(=O)Nc2nnc(C3CC3)s2)oc2ccccc12. The first kappa shape index (κ1) is 15.1. The van der Waals surface area contributed by atoms with Crippen LogP contribution in [-0.2, 0) is 0 Å². The van der Waals surface area contributed by atoms with Crippen molar-refractivity contribution in [1.82, 2.24) is 15.5 Å². The molecule has 1 atom stereocenters. The highest BCUT2D eigenvalue weighted by Gasteiger charge is 2.28. The number of carbonyl (C=O) groups is 1. The second-order valence-electron chi connectivity index (χ2n) is 6.13. The van der Waals surface area contributed by atoms with Gasteiger partial charge in [-0.05, 0) is 32.8 Å². The number of hydrogen-bond donors (Lipinski definition) is 2. The van der Waals surface area contributed by atoms with Crippen molar-refractivity contribution in [3.63, 3.8) is 0 Å². The van der Waals surface area contributed by atoms with Crippen LogP contribution in [0.5, 0.6) is 0 Å². The summed E-state index contributed by atoms with van der Waals surface area (Å²) in [6.45, 7) is 3.91. The van der Waals surface area contributed by atoms with Gasteiger partial charge in [-0.1, -0.05) is 29.5 Å². The van der Waals surface area contributed by atoms with Gasteiger partial charge in [0.05, 0.1) is 6.04 Å². The minimum absolute atomic E-state index is 0.242. The highest BCUT2D eigenvalue weighted by molar-refractivity contribution is 7.15. The van der Waals surface area contributed by atoms with Crippen molar-refractivity contribution in [3.8, 4) is 0 Å². The molecular weight excluding hydrogens is 324 g/mol. The summed E-state index contributed by atoms with van der Waals surface area (Å²) in [4.78, 5) is 12.2. The summed E-state index contributed by atoms with van der Waals surface area (Å²) in [7, 11) is 0. The van der Waals surface area contributed by atoms with Gasteiger partial charge in [0.15, 0.2) is 0 Å². The van der Waals surface area contributed by atoms with Crippen LogP contribution in [0, 0.1) is 6.92 Å². The van der Waals surface area contributed by atoms with E-state index < -0.39 is 0 Å². The molecule has 7 heteroatoms. The van der Waals surface area contributed by atoms with Crippen LogP contribution in [0.2, 0.25) is 0 Å². The average molecular weight is 342 g/mol. The zero-order valence-corrected chi connectivity index (χ0v) is 14.3. The first-order chi connectivity index (χ1) is 11.6. The predicted octanol–water partition coefficient (Wildman–Crippen LogP) is 4.35. The number of furan rings is 1. The summed E-state index contributed by atoms with van der Waals surface area (Å²) in [5, 5.41) is 16.4. The molecule has 1 aromatic carbocycles. The highest BCUT2D eigenvalue weighted by atomic mass is 32.1. The molecule has 2 amide bonds. The Morgan fingerprint density at radius 1 is 1.33 bits per heavy atom. The molecule has 3 aromatic rings. The molecule has 24 heavy (non-hydrogen) atoms. The van der Waals surface area contributed by atoms with Gasteiger partial charge >= 0.3 is 6.03 Å². The zero-order chi connectivity index (χ0) is 16.7. The van der Waals surface area contributed by atoms with Crippen molar-refractivity contribution in [2.24, 2.45) is 0 Å². The lowest BCUT2D eigenvalue weighted by Crippen LogP contribution is -2.31. The minimum Gasteiger partial charge on any atom is -0.459 e. The van der Waals surface area contributed by atoms with E-state index in [2.05, 4.69) is 20.8 Å². The number of fused-ring (bicyclic) bond motifs is 1. The van der Waals surface area contributed by atoms with Crippen LogP contribution in [0.3, 0.4) is 0 Å². The lowest BCUT2D eigenvalue weighted by atomic mass is 10.1. The number of nitrogens with one attached hydrogen (secondary N) is 2. The Morgan fingerprint density at radius 2 is 2.12 bits per heavy atom. The molecule has 0 bridgehead atoms. The van der Waals surface area contributed by atoms with Crippen molar-refractivity contribution < 1.29 is 9.21 Å². The monoisotopic (exact) mass is 342 g/mol. The van der Waals surface area contributed by atoms with Crippen LogP contribution in [-0.4, -0.2) is 16.2 Å². The summed E-state index contributed by atoms with van der Waals surface area (Å²) in [5.41, 5.74) is 1.88. The van der Waals surface area contributed by atoms with Crippen molar-refractivity contribution >= 4 is 33.5 Å². The molecular formula is C17H18N4O2S. The van der Waals surface area contributed by atoms with E-state index in [0.717, 1.165) is 27.3 Å². The number of carbonyl (C=O) groups excluding carboxylic acids is 1. The number of amides is 2. The fourth-order valence-electron chi connectivity index (χ4n) is 2.78. The molecule has 2 heterocycles. The number of nitrogens with zero attached hydrogens (tertiary/aromatic N) is 2. The van der Waals surface area contributed by atoms with Crippen LogP contribution in [0.4, 0.5) is 9.93 Å². The highest BCUT2D eigenvalue weighted by Crippen LogP contribution is 2.42. The van der Waals surface area contributed by atoms with Crippen LogP contribution in [0.1, 0.15) is 48.1 Å². The van der Waals surface area contributed by atoms with E-state index in [1.807, 2.05) is 38.1 Å². The van der Waals surface area contributed by atoms with Crippen molar-refractivity contribution in [2.45, 2.75) is 38.6 Å². The fraction of sp³-hybridized carbons (Fsp3) is 0.353. The molecule has 4 rings (SSSR count). The average Bonchev–Trinajstić information content (AvgIpc) is 3.23. The summed E-state index contributed by atoms with van der Waals surface area (Å²) in [6, 6.07) is 7.32. The summed E-state index contributed by atoms with van der Waals surface area (Å²) >= 11 is 1.44.